The number of carbonyl (C=O) groups is 2. The summed E-state index contributed by atoms with van der Waals surface area (Å²) in [6.45, 7) is 0.360. The van der Waals surface area contributed by atoms with Gasteiger partial charge in [-0.3, -0.25) is 9.59 Å². The van der Waals surface area contributed by atoms with E-state index >= 15 is 0 Å². The van der Waals surface area contributed by atoms with Gasteiger partial charge in [-0.1, -0.05) is 15.9 Å². The number of hydrogen-bond acceptors (Lipinski definition) is 3. The Kier molecular flexibility index (Phi) is 5.33. The Morgan fingerprint density at radius 3 is 2.43 bits per heavy atom. The Labute approximate surface area is 144 Å². The number of amides is 2. The first-order valence-corrected chi connectivity index (χ1v) is 8.98. The monoisotopic (exact) mass is 379 g/mol. The summed E-state index contributed by atoms with van der Waals surface area (Å²) < 4.78 is 0.935. The van der Waals surface area contributed by atoms with E-state index in [-0.39, 0.29) is 17.9 Å². The van der Waals surface area contributed by atoms with Gasteiger partial charge in [0.1, 0.15) is 0 Å². The van der Waals surface area contributed by atoms with Gasteiger partial charge in [-0.2, -0.15) is 0 Å². The molecule has 2 bridgehead atoms. The van der Waals surface area contributed by atoms with Crippen LogP contribution in [0.25, 0.3) is 0 Å². The lowest BCUT2D eigenvalue weighted by Gasteiger charge is -2.29. The molecule has 2 amide bonds. The molecule has 1 aromatic rings. The first kappa shape index (κ1) is 16.5. The second kappa shape index (κ2) is 7.45. The van der Waals surface area contributed by atoms with Crippen molar-refractivity contribution in [2.24, 2.45) is 0 Å². The highest BCUT2D eigenvalue weighted by atomic mass is 79.9. The van der Waals surface area contributed by atoms with Crippen LogP contribution in [0, 0.1) is 0 Å². The highest BCUT2D eigenvalue weighted by molar-refractivity contribution is 9.10. The van der Waals surface area contributed by atoms with Gasteiger partial charge in [-0.05, 0) is 49.9 Å². The number of nitrogens with one attached hydrogen (secondary N) is 3. The second-order valence-corrected chi connectivity index (χ2v) is 7.30. The predicted molar refractivity (Wildman–Crippen MR) is 92.2 cm³/mol. The van der Waals surface area contributed by atoms with Crippen LogP contribution < -0.4 is 16.0 Å². The third kappa shape index (κ3) is 4.54. The Bertz CT molecular complexity index is 564. The lowest BCUT2D eigenvalue weighted by atomic mass is 10.00. The molecular weight excluding hydrogens is 358 g/mol. The molecule has 0 aromatic heterocycles. The molecule has 2 aliphatic rings. The average Bonchev–Trinajstić information content (AvgIpc) is 2.86. The summed E-state index contributed by atoms with van der Waals surface area (Å²) in [5.41, 5.74) is 0.600. The Morgan fingerprint density at radius 1 is 1.13 bits per heavy atom. The molecule has 2 atom stereocenters. The van der Waals surface area contributed by atoms with Gasteiger partial charge in [-0.15, -0.1) is 0 Å². The summed E-state index contributed by atoms with van der Waals surface area (Å²) in [4.78, 5) is 24.0. The fraction of sp³-hybridized carbons (Fsp3) is 0.529. The molecular formula is C17H22BrN3O2. The third-order valence-corrected chi connectivity index (χ3v) is 5.11. The van der Waals surface area contributed by atoms with Crippen LogP contribution in [0.3, 0.4) is 0 Å². The Hall–Kier alpha value is -1.40. The van der Waals surface area contributed by atoms with Crippen LogP contribution in [-0.4, -0.2) is 36.5 Å². The molecule has 0 spiro atoms. The summed E-state index contributed by atoms with van der Waals surface area (Å²) in [7, 11) is 0. The van der Waals surface area contributed by atoms with E-state index in [1.54, 1.807) is 12.1 Å². The normalized spacial score (nSPS) is 25.9. The molecule has 0 aliphatic carbocycles. The van der Waals surface area contributed by atoms with Gasteiger partial charge in [0, 0.05) is 41.1 Å². The minimum atomic E-state index is -0.148. The van der Waals surface area contributed by atoms with Crippen molar-refractivity contribution in [3.63, 3.8) is 0 Å². The molecule has 2 saturated heterocycles. The van der Waals surface area contributed by atoms with Gasteiger partial charge >= 0.3 is 0 Å². The molecule has 5 nitrogen and oxygen atoms in total. The fourth-order valence-electron chi connectivity index (χ4n) is 3.47. The number of fused-ring (bicyclic) bond motifs is 2. The van der Waals surface area contributed by atoms with Gasteiger partial charge in [0.15, 0.2) is 0 Å². The predicted octanol–water partition coefficient (Wildman–Crippen LogP) is 1.97. The molecule has 0 radical (unpaired) electrons. The number of hydrogen-bond donors (Lipinski definition) is 3. The molecule has 2 fully saturated rings. The van der Waals surface area contributed by atoms with Crippen molar-refractivity contribution < 1.29 is 9.59 Å². The van der Waals surface area contributed by atoms with Crippen LogP contribution in [0.2, 0.25) is 0 Å². The minimum Gasteiger partial charge on any atom is -0.353 e. The lowest BCUT2D eigenvalue weighted by molar-refractivity contribution is -0.121. The van der Waals surface area contributed by atoms with E-state index in [0.29, 0.717) is 30.6 Å². The van der Waals surface area contributed by atoms with Crippen LogP contribution in [0.15, 0.2) is 28.7 Å². The number of halogens is 1. The highest BCUT2D eigenvalue weighted by Crippen LogP contribution is 2.26. The van der Waals surface area contributed by atoms with Crippen molar-refractivity contribution in [1.82, 2.24) is 16.0 Å². The largest absolute Gasteiger partial charge is 0.353 e. The maximum atomic E-state index is 12.0. The van der Waals surface area contributed by atoms with Crippen molar-refractivity contribution in [2.45, 2.75) is 50.2 Å². The molecule has 2 unspecified atom stereocenters. The van der Waals surface area contributed by atoms with Crippen molar-refractivity contribution in [2.75, 3.05) is 6.54 Å². The maximum absolute atomic E-state index is 12.0. The average molecular weight is 380 g/mol. The molecule has 124 valence electrons. The first-order valence-electron chi connectivity index (χ1n) is 8.19. The van der Waals surface area contributed by atoms with Crippen molar-refractivity contribution in [1.29, 1.82) is 0 Å². The van der Waals surface area contributed by atoms with Crippen LogP contribution >= 0.6 is 15.9 Å². The molecule has 23 heavy (non-hydrogen) atoms. The van der Waals surface area contributed by atoms with Gasteiger partial charge in [0.25, 0.3) is 5.91 Å². The summed E-state index contributed by atoms with van der Waals surface area (Å²) >= 11 is 3.34. The van der Waals surface area contributed by atoms with Crippen LogP contribution in [0.5, 0.6) is 0 Å². The number of rotatable bonds is 5. The molecule has 2 aliphatic heterocycles. The van der Waals surface area contributed by atoms with Crippen LogP contribution in [0.1, 0.15) is 42.5 Å². The summed E-state index contributed by atoms with van der Waals surface area (Å²) in [6, 6.07) is 8.57. The standard InChI is InChI=1S/C17H22BrN3O2/c18-12-3-1-11(2-4-12)17(23)19-8-7-16(22)21-15-9-13-5-6-14(10-15)20-13/h1-4,13-15,20H,5-10H2,(H,19,23)(H,21,22). The summed E-state index contributed by atoms with van der Waals surface area (Å²) in [5.74, 6) is -0.127. The van der Waals surface area contributed by atoms with Crippen molar-refractivity contribution in [3.05, 3.63) is 34.3 Å². The number of benzene rings is 1. The molecule has 6 heteroatoms. The van der Waals surface area contributed by atoms with E-state index < -0.39 is 0 Å². The quantitative estimate of drug-likeness (QED) is 0.732. The van der Waals surface area contributed by atoms with E-state index in [1.807, 2.05) is 12.1 Å². The van der Waals surface area contributed by atoms with E-state index in [4.69, 9.17) is 0 Å². The van der Waals surface area contributed by atoms with Gasteiger partial charge < -0.3 is 16.0 Å². The first-order chi connectivity index (χ1) is 11.1. The van der Waals surface area contributed by atoms with Crippen LogP contribution in [0.4, 0.5) is 0 Å². The molecule has 2 heterocycles. The lowest BCUT2D eigenvalue weighted by Crippen LogP contribution is -2.48. The molecule has 0 saturated carbocycles. The van der Waals surface area contributed by atoms with Gasteiger partial charge in [0.05, 0.1) is 0 Å². The third-order valence-electron chi connectivity index (χ3n) is 4.58. The molecule has 3 N–H and O–H groups in total. The minimum absolute atomic E-state index is 0.0207. The Morgan fingerprint density at radius 2 is 1.78 bits per heavy atom. The van der Waals surface area contributed by atoms with Crippen molar-refractivity contribution in [3.8, 4) is 0 Å². The zero-order valence-corrected chi connectivity index (χ0v) is 14.6. The van der Waals surface area contributed by atoms with E-state index in [2.05, 4.69) is 31.9 Å². The molecule has 1 aromatic carbocycles. The summed E-state index contributed by atoms with van der Waals surface area (Å²) in [5, 5.41) is 9.46. The van der Waals surface area contributed by atoms with Crippen LogP contribution in [-0.2, 0) is 4.79 Å². The fourth-order valence-corrected chi connectivity index (χ4v) is 3.73. The Balaban J connectivity index is 1.37. The van der Waals surface area contributed by atoms with E-state index in [9.17, 15) is 9.59 Å². The SMILES string of the molecule is O=C(CCNC(=O)c1ccc(Br)cc1)NC1CC2CCC(C1)N2. The van der Waals surface area contributed by atoms with Crippen molar-refractivity contribution >= 4 is 27.7 Å². The van der Waals surface area contributed by atoms with E-state index in [1.165, 1.54) is 12.8 Å². The second-order valence-electron chi connectivity index (χ2n) is 6.39. The number of carbonyl (C=O) groups excluding carboxylic acids is 2. The van der Waals surface area contributed by atoms with Gasteiger partial charge in [-0.25, -0.2) is 0 Å². The highest BCUT2D eigenvalue weighted by Gasteiger charge is 2.33. The maximum Gasteiger partial charge on any atom is 0.251 e. The summed E-state index contributed by atoms with van der Waals surface area (Å²) in [6.07, 6.45) is 4.81. The number of piperidine rings is 1. The smallest absolute Gasteiger partial charge is 0.251 e. The van der Waals surface area contributed by atoms with E-state index in [0.717, 1.165) is 17.3 Å². The van der Waals surface area contributed by atoms with Gasteiger partial charge in [0.2, 0.25) is 5.91 Å². The topological polar surface area (TPSA) is 70.2 Å². The molecule has 3 rings (SSSR count). The zero-order chi connectivity index (χ0) is 16.2. The zero-order valence-electron chi connectivity index (χ0n) is 13.0.